The fourth-order valence-corrected chi connectivity index (χ4v) is 0.447. The molecule has 0 aliphatic heterocycles. The molecule has 0 saturated heterocycles. The van der Waals surface area contributed by atoms with E-state index in [-0.39, 0.29) is 12.3 Å². The van der Waals surface area contributed by atoms with Gasteiger partial charge in [0.1, 0.15) is 0 Å². The minimum atomic E-state index is -3.80. The summed E-state index contributed by atoms with van der Waals surface area (Å²) < 4.78 is 27.3. The van der Waals surface area contributed by atoms with Gasteiger partial charge in [-0.25, -0.2) is 0 Å². The highest BCUT2D eigenvalue weighted by Gasteiger charge is 1.98. The summed E-state index contributed by atoms with van der Waals surface area (Å²) in [5.41, 5.74) is 9.31. The third-order valence-electron chi connectivity index (χ3n) is 0.577. The van der Waals surface area contributed by atoms with Crippen molar-refractivity contribution in [3.8, 4) is 0 Å². The summed E-state index contributed by atoms with van der Waals surface area (Å²) in [6.07, 6.45) is 1.06. The maximum atomic E-state index is 9.71. The standard InChI is InChI=1S/C3H5NO.C2H7NO3S.C2H7N/c1-2-3(4)5;3-1-2-7(4,5)6;1-3-2/h2H,1H2,(H2,4,5);1-3H2,(H,4,5,6);3H,1-2H3. The van der Waals surface area contributed by atoms with E-state index >= 15 is 0 Å². The van der Waals surface area contributed by atoms with Crippen molar-refractivity contribution < 1.29 is 17.8 Å². The Balaban J connectivity index is -0.000000158. The number of nitrogens with one attached hydrogen (secondary N) is 1. The average Bonchev–Trinajstić information content (AvgIpc) is 2.04. The summed E-state index contributed by atoms with van der Waals surface area (Å²) in [6, 6.07) is 0. The van der Waals surface area contributed by atoms with Gasteiger partial charge in [-0.2, -0.15) is 8.42 Å². The lowest BCUT2D eigenvalue weighted by Crippen LogP contribution is -2.13. The van der Waals surface area contributed by atoms with E-state index in [1.807, 2.05) is 14.1 Å². The van der Waals surface area contributed by atoms with Crippen LogP contribution in [-0.4, -0.2) is 45.3 Å². The molecule has 8 heteroatoms. The van der Waals surface area contributed by atoms with Crippen LogP contribution < -0.4 is 16.8 Å². The van der Waals surface area contributed by atoms with Crippen molar-refractivity contribution >= 4 is 16.0 Å². The SMILES string of the molecule is C=CC(N)=O.CNC.NCCS(=O)(=O)O. The summed E-state index contributed by atoms with van der Waals surface area (Å²) >= 11 is 0. The topological polar surface area (TPSA) is 136 Å². The zero-order valence-electron chi connectivity index (χ0n) is 8.93. The fourth-order valence-electron chi connectivity index (χ4n) is 0.149. The van der Waals surface area contributed by atoms with Crippen molar-refractivity contribution in [2.24, 2.45) is 11.5 Å². The van der Waals surface area contributed by atoms with Crippen LogP contribution >= 0.6 is 0 Å². The third kappa shape index (κ3) is 62.6. The summed E-state index contributed by atoms with van der Waals surface area (Å²) in [5, 5.41) is 2.75. The molecule has 0 bridgehead atoms. The second-order valence-corrected chi connectivity index (χ2v) is 3.75. The van der Waals surface area contributed by atoms with Crippen molar-refractivity contribution in [2.45, 2.75) is 0 Å². The largest absolute Gasteiger partial charge is 0.366 e. The molecular formula is C7H19N3O4S. The second kappa shape index (κ2) is 13.0. The van der Waals surface area contributed by atoms with Gasteiger partial charge < -0.3 is 16.8 Å². The molecule has 15 heavy (non-hydrogen) atoms. The highest BCUT2D eigenvalue weighted by Crippen LogP contribution is 1.74. The lowest BCUT2D eigenvalue weighted by molar-refractivity contribution is -0.113. The van der Waals surface area contributed by atoms with Gasteiger partial charge in [-0.15, -0.1) is 0 Å². The van der Waals surface area contributed by atoms with Gasteiger partial charge in [0.15, 0.2) is 0 Å². The molecule has 7 nitrogen and oxygen atoms in total. The number of hydrogen-bond donors (Lipinski definition) is 4. The highest BCUT2D eigenvalue weighted by atomic mass is 32.2. The highest BCUT2D eigenvalue weighted by molar-refractivity contribution is 7.85. The molecule has 0 heterocycles. The Morgan fingerprint density at radius 1 is 1.53 bits per heavy atom. The van der Waals surface area contributed by atoms with E-state index < -0.39 is 16.0 Å². The molecule has 0 atom stereocenters. The van der Waals surface area contributed by atoms with Crippen LogP contribution in [0.4, 0.5) is 0 Å². The molecule has 0 unspecified atom stereocenters. The van der Waals surface area contributed by atoms with Crippen molar-refractivity contribution in [3.05, 3.63) is 12.7 Å². The molecule has 0 rings (SSSR count). The first-order chi connectivity index (χ1) is 6.74. The average molecular weight is 241 g/mol. The van der Waals surface area contributed by atoms with Gasteiger partial charge in [0.25, 0.3) is 10.1 Å². The Morgan fingerprint density at radius 3 is 1.80 bits per heavy atom. The van der Waals surface area contributed by atoms with Gasteiger partial charge in [0.2, 0.25) is 5.91 Å². The van der Waals surface area contributed by atoms with Crippen LogP contribution in [0.15, 0.2) is 12.7 Å². The lowest BCUT2D eigenvalue weighted by atomic mass is 10.6. The molecule has 0 fully saturated rings. The van der Waals surface area contributed by atoms with E-state index in [1.165, 1.54) is 0 Å². The predicted octanol–water partition coefficient (Wildman–Crippen LogP) is -1.67. The van der Waals surface area contributed by atoms with E-state index in [0.29, 0.717) is 0 Å². The smallest absolute Gasteiger partial charge is 0.266 e. The van der Waals surface area contributed by atoms with Crippen LogP contribution in [0.3, 0.4) is 0 Å². The molecule has 1 amide bonds. The van der Waals surface area contributed by atoms with Crippen LogP contribution in [-0.2, 0) is 14.9 Å². The van der Waals surface area contributed by atoms with Gasteiger partial charge in [-0.1, -0.05) is 6.58 Å². The first-order valence-electron chi connectivity index (χ1n) is 3.90. The predicted molar refractivity (Wildman–Crippen MR) is 59.8 cm³/mol. The molecule has 0 aromatic carbocycles. The van der Waals surface area contributed by atoms with Crippen LogP contribution in [0.1, 0.15) is 0 Å². The number of carbonyl (C=O) groups is 1. The fraction of sp³-hybridized carbons (Fsp3) is 0.571. The Morgan fingerprint density at radius 2 is 1.80 bits per heavy atom. The minimum absolute atomic E-state index is 0.0289. The monoisotopic (exact) mass is 241 g/mol. The molecule has 6 N–H and O–H groups in total. The molecule has 0 saturated carbocycles. The number of amides is 1. The second-order valence-electron chi connectivity index (χ2n) is 2.18. The molecule has 92 valence electrons. The van der Waals surface area contributed by atoms with Crippen LogP contribution in [0, 0.1) is 0 Å². The maximum Gasteiger partial charge on any atom is 0.266 e. The molecule has 0 spiro atoms. The lowest BCUT2D eigenvalue weighted by Gasteiger charge is -1.86. The molecule has 0 aliphatic carbocycles. The molecule has 0 aromatic heterocycles. The first kappa shape index (κ1) is 19.6. The zero-order valence-corrected chi connectivity index (χ0v) is 9.75. The molecule has 0 radical (unpaired) electrons. The van der Waals surface area contributed by atoms with Gasteiger partial charge in [0, 0.05) is 6.54 Å². The van der Waals surface area contributed by atoms with Crippen LogP contribution in [0.5, 0.6) is 0 Å². The van der Waals surface area contributed by atoms with Crippen molar-refractivity contribution in [2.75, 3.05) is 26.4 Å². The van der Waals surface area contributed by atoms with Gasteiger partial charge >= 0.3 is 0 Å². The van der Waals surface area contributed by atoms with E-state index in [4.69, 9.17) is 10.3 Å². The first-order valence-corrected chi connectivity index (χ1v) is 5.51. The van der Waals surface area contributed by atoms with E-state index in [9.17, 15) is 13.2 Å². The van der Waals surface area contributed by atoms with Gasteiger partial charge in [-0.3, -0.25) is 9.35 Å². The Kier molecular flexibility index (Phi) is 17.0. The van der Waals surface area contributed by atoms with Crippen molar-refractivity contribution in [1.29, 1.82) is 0 Å². The van der Waals surface area contributed by atoms with Crippen LogP contribution in [0.25, 0.3) is 0 Å². The van der Waals surface area contributed by atoms with Gasteiger partial charge in [-0.05, 0) is 20.2 Å². The van der Waals surface area contributed by atoms with Crippen molar-refractivity contribution in [1.82, 2.24) is 5.32 Å². The molecule has 0 aromatic rings. The number of primary amides is 1. The third-order valence-corrected chi connectivity index (χ3v) is 1.33. The Labute approximate surface area is 90.3 Å². The molecule has 0 aliphatic rings. The molecular weight excluding hydrogens is 222 g/mol. The Hall–Kier alpha value is -0.960. The maximum absolute atomic E-state index is 9.71. The van der Waals surface area contributed by atoms with Gasteiger partial charge in [0.05, 0.1) is 5.75 Å². The quantitative estimate of drug-likeness (QED) is 0.344. The normalized spacial score (nSPS) is 8.80. The summed E-state index contributed by atoms with van der Waals surface area (Å²) in [4.78, 5) is 9.47. The number of nitrogens with two attached hydrogens (primary N) is 2. The number of carbonyl (C=O) groups excluding carboxylic acids is 1. The summed E-state index contributed by atoms with van der Waals surface area (Å²) in [6.45, 7) is 3.06. The van der Waals surface area contributed by atoms with Crippen LogP contribution in [0.2, 0.25) is 0 Å². The Bertz CT molecular complexity index is 251. The number of hydrogen-bond acceptors (Lipinski definition) is 5. The number of rotatable bonds is 3. The zero-order chi connectivity index (χ0) is 12.9. The van der Waals surface area contributed by atoms with E-state index in [1.54, 1.807) is 0 Å². The van der Waals surface area contributed by atoms with Crippen molar-refractivity contribution in [3.63, 3.8) is 0 Å². The summed E-state index contributed by atoms with van der Waals surface area (Å²) in [5.74, 6) is -0.836. The minimum Gasteiger partial charge on any atom is -0.366 e. The van der Waals surface area contributed by atoms with E-state index in [0.717, 1.165) is 6.08 Å². The van der Waals surface area contributed by atoms with E-state index in [2.05, 4.69) is 17.6 Å². The summed E-state index contributed by atoms with van der Waals surface area (Å²) in [7, 11) is -0.0492.